The Morgan fingerprint density at radius 2 is 1.95 bits per heavy atom. The number of benzene rings is 1. The Balaban J connectivity index is 1.96. The van der Waals surface area contributed by atoms with Gasteiger partial charge in [0.25, 0.3) is 0 Å². The van der Waals surface area contributed by atoms with E-state index in [4.69, 9.17) is 0 Å². The zero-order chi connectivity index (χ0) is 14.8. The van der Waals surface area contributed by atoms with E-state index in [9.17, 15) is 4.79 Å². The van der Waals surface area contributed by atoms with Crippen LogP contribution in [0.5, 0.6) is 0 Å². The van der Waals surface area contributed by atoms with Crippen molar-refractivity contribution in [3.8, 4) is 0 Å². The summed E-state index contributed by atoms with van der Waals surface area (Å²) in [5.41, 5.74) is 3.39. The minimum atomic E-state index is -0.208. The van der Waals surface area contributed by atoms with Gasteiger partial charge in [0, 0.05) is 28.7 Å². The zero-order valence-electron chi connectivity index (χ0n) is 12.6. The van der Waals surface area contributed by atoms with Gasteiger partial charge in [-0.3, -0.25) is 0 Å². The monoisotopic (exact) mass is 273 g/mol. The summed E-state index contributed by atoms with van der Waals surface area (Å²) in [5.74, 6) is 0. The van der Waals surface area contributed by atoms with E-state index in [2.05, 4.69) is 34.7 Å². The topological polar surface area (TPSA) is 56.9 Å². The van der Waals surface area contributed by atoms with Crippen molar-refractivity contribution in [2.45, 2.75) is 39.7 Å². The number of aryl methyl sites for hydroxylation is 1. The lowest BCUT2D eigenvalue weighted by Crippen LogP contribution is -2.46. The number of hydrogen-bond donors (Lipinski definition) is 3. The van der Waals surface area contributed by atoms with Crippen LogP contribution in [-0.2, 0) is 6.42 Å². The molecule has 0 spiro atoms. The Hall–Kier alpha value is -1.97. The number of para-hydroxylation sites is 1. The Morgan fingerprint density at radius 3 is 2.65 bits per heavy atom. The molecule has 1 aromatic heterocycles. The SMILES string of the molecule is Cc1[nH]c2ccccc2c1CCNC(=O)NC(C)(C)C. The molecule has 1 heterocycles. The first-order valence-electron chi connectivity index (χ1n) is 6.99. The van der Waals surface area contributed by atoms with Crippen LogP contribution < -0.4 is 10.6 Å². The lowest BCUT2D eigenvalue weighted by molar-refractivity contribution is 0.232. The van der Waals surface area contributed by atoms with Crippen molar-refractivity contribution in [3.63, 3.8) is 0 Å². The van der Waals surface area contributed by atoms with Gasteiger partial charge in [-0.1, -0.05) is 18.2 Å². The molecule has 2 aromatic rings. The Labute approximate surface area is 120 Å². The lowest BCUT2D eigenvalue weighted by atomic mass is 10.1. The van der Waals surface area contributed by atoms with Gasteiger partial charge in [-0.15, -0.1) is 0 Å². The first kappa shape index (κ1) is 14.4. The molecule has 0 unspecified atom stereocenters. The van der Waals surface area contributed by atoms with Crippen molar-refractivity contribution < 1.29 is 4.79 Å². The molecule has 0 aliphatic rings. The van der Waals surface area contributed by atoms with E-state index < -0.39 is 0 Å². The van der Waals surface area contributed by atoms with Gasteiger partial charge >= 0.3 is 6.03 Å². The molecule has 4 nitrogen and oxygen atoms in total. The first-order chi connectivity index (χ1) is 9.37. The van der Waals surface area contributed by atoms with Gasteiger partial charge in [-0.25, -0.2) is 4.79 Å². The highest BCUT2D eigenvalue weighted by atomic mass is 16.2. The Bertz CT molecular complexity index is 608. The number of fused-ring (bicyclic) bond motifs is 1. The standard InChI is InChI=1S/C16H23N3O/c1-11-12(13-7-5-6-8-14(13)18-11)9-10-17-15(20)19-16(2,3)4/h5-8,18H,9-10H2,1-4H3,(H2,17,19,20). The number of carbonyl (C=O) groups excluding carboxylic acids is 1. The highest BCUT2D eigenvalue weighted by Crippen LogP contribution is 2.21. The van der Waals surface area contributed by atoms with Gasteiger partial charge in [0.1, 0.15) is 0 Å². The number of carbonyl (C=O) groups is 1. The van der Waals surface area contributed by atoms with Crippen LogP contribution in [-0.4, -0.2) is 23.1 Å². The Morgan fingerprint density at radius 1 is 1.25 bits per heavy atom. The normalized spacial score (nSPS) is 11.6. The van der Waals surface area contributed by atoms with Gasteiger partial charge in [0.2, 0.25) is 0 Å². The van der Waals surface area contributed by atoms with Gasteiger partial charge in [-0.05, 0) is 45.7 Å². The third kappa shape index (κ3) is 3.53. The van der Waals surface area contributed by atoms with Crippen molar-refractivity contribution in [1.29, 1.82) is 0 Å². The van der Waals surface area contributed by atoms with E-state index in [1.165, 1.54) is 16.6 Å². The second kappa shape index (κ2) is 5.57. The number of hydrogen-bond acceptors (Lipinski definition) is 1. The number of aromatic amines is 1. The molecule has 0 fully saturated rings. The molecule has 0 saturated carbocycles. The quantitative estimate of drug-likeness (QED) is 0.790. The predicted octanol–water partition coefficient (Wildman–Crippen LogP) is 3.12. The van der Waals surface area contributed by atoms with E-state index in [0.717, 1.165) is 11.9 Å². The van der Waals surface area contributed by atoms with Gasteiger partial charge in [0.05, 0.1) is 0 Å². The molecule has 0 aliphatic carbocycles. The third-order valence-electron chi connectivity index (χ3n) is 3.18. The van der Waals surface area contributed by atoms with Crippen LogP contribution in [0.25, 0.3) is 10.9 Å². The Kier molecular flexibility index (Phi) is 4.02. The summed E-state index contributed by atoms with van der Waals surface area (Å²) in [6.45, 7) is 8.61. The van der Waals surface area contributed by atoms with Crippen molar-refractivity contribution in [2.75, 3.05) is 6.54 Å². The number of nitrogens with one attached hydrogen (secondary N) is 3. The second-order valence-corrected chi connectivity index (χ2v) is 6.16. The fourth-order valence-electron chi connectivity index (χ4n) is 2.34. The molecule has 4 heteroatoms. The first-order valence-corrected chi connectivity index (χ1v) is 6.99. The molecule has 20 heavy (non-hydrogen) atoms. The summed E-state index contributed by atoms with van der Waals surface area (Å²) < 4.78 is 0. The van der Waals surface area contributed by atoms with Crippen LogP contribution in [0.3, 0.4) is 0 Å². The van der Waals surface area contributed by atoms with E-state index in [1.807, 2.05) is 32.9 Å². The third-order valence-corrected chi connectivity index (χ3v) is 3.18. The second-order valence-electron chi connectivity index (χ2n) is 6.16. The van der Waals surface area contributed by atoms with Crippen molar-refractivity contribution in [1.82, 2.24) is 15.6 Å². The van der Waals surface area contributed by atoms with Crippen LogP contribution in [0.1, 0.15) is 32.0 Å². The maximum absolute atomic E-state index is 11.7. The molecular weight excluding hydrogens is 250 g/mol. The molecule has 0 atom stereocenters. The summed E-state index contributed by atoms with van der Waals surface area (Å²) >= 11 is 0. The van der Waals surface area contributed by atoms with E-state index in [-0.39, 0.29) is 11.6 Å². The van der Waals surface area contributed by atoms with Crippen LogP contribution in [0, 0.1) is 6.92 Å². The van der Waals surface area contributed by atoms with Crippen LogP contribution in [0.4, 0.5) is 4.79 Å². The molecule has 0 saturated heterocycles. The molecular formula is C16H23N3O. The zero-order valence-corrected chi connectivity index (χ0v) is 12.6. The summed E-state index contributed by atoms with van der Waals surface area (Å²) in [7, 11) is 0. The molecule has 3 N–H and O–H groups in total. The summed E-state index contributed by atoms with van der Waals surface area (Å²) in [6, 6.07) is 8.14. The van der Waals surface area contributed by atoms with Gasteiger partial charge in [0.15, 0.2) is 0 Å². The average Bonchev–Trinajstić information content (AvgIpc) is 2.64. The molecule has 2 rings (SSSR count). The number of aromatic nitrogens is 1. The smallest absolute Gasteiger partial charge is 0.315 e. The van der Waals surface area contributed by atoms with Crippen molar-refractivity contribution in [2.24, 2.45) is 0 Å². The fourth-order valence-corrected chi connectivity index (χ4v) is 2.34. The number of H-pyrrole nitrogens is 1. The largest absolute Gasteiger partial charge is 0.358 e. The lowest BCUT2D eigenvalue weighted by Gasteiger charge is -2.20. The molecule has 1 aromatic carbocycles. The number of urea groups is 1. The molecule has 0 aliphatic heterocycles. The summed E-state index contributed by atoms with van der Waals surface area (Å²) in [5, 5.41) is 7.04. The van der Waals surface area contributed by atoms with E-state index >= 15 is 0 Å². The number of rotatable bonds is 3. The molecule has 0 bridgehead atoms. The minimum Gasteiger partial charge on any atom is -0.358 e. The summed E-state index contributed by atoms with van der Waals surface area (Å²) in [4.78, 5) is 15.1. The molecule has 108 valence electrons. The maximum Gasteiger partial charge on any atom is 0.315 e. The highest BCUT2D eigenvalue weighted by molar-refractivity contribution is 5.84. The van der Waals surface area contributed by atoms with Crippen molar-refractivity contribution in [3.05, 3.63) is 35.5 Å². The molecule has 2 amide bonds. The number of amides is 2. The summed E-state index contributed by atoms with van der Waals surface area (Å²) in [6.07, 6.45) is 0.827. The predicted molar refractivity (Wildman–Crippen MR) is 83.0 cm³/mol. The van der Waals surface area contributed by atoms with Gasteiger partial charge < -0.3 is 15.6 Å². The average molecular weight is 273 g/mol. The maximum atomic E-state index is 11.7. The minimum absolute atomic E-state index is 0.116. The highest BCUT2D eigenvalue weighted by Gasteiger charge is 2.13. The van der Waals surface area contributed by atoms with Crippen LogP contribution >= 0.6 is 0 Å². The van der Waals surface area contributed by atoms with E-state index in [1.54, 1.807) is 0 Å². The fraction of sp³-hybridized carbons (Fsp3) is 0.438. The van der Waals surface area contributed by atoms with E-state index in [0.29, 0.717) is 6.54 Å². The molecule has 0 radical (unpaired) electrons. The van der Waals surface area contributed by atoms with Crippen LogP contribution in [0.15, 0.2) is 24.3 Å². The van der Waals surface area contributed by atoms with Crippen molar-refractivity contribution >= 4 is 16.9 Å². The van der Waals surface area contributed by atoms with Gasteiger partial charge in [-0.2, -0.15) is 0 Å². The van der Waals surface area contributed by atoms with Crippen LogP contribution in [0.2, 0.25) is 0 Å².